The molecule has 0 radical (unpaired) electrons. The Morgan fingerprint density at radius 2 is 2.32 bits per heavy atom. The van der Waals surface area contributed by atoms with E-state index in [0.29, 0.717) is 18.2 Å². The normalized spacial score (nSPS) is 14.2. The monoisotopic (exact) mass is 286 g/mol. The molecule has 0 saturated heterocycles. The van der Waals surface area contributed by atoms with E-state index < -0.39 is 5.97 Å². The largest absolute Gasteiger partial charge is 0.464 e. The summed E-state index contributed by atoms with van der Waals surface area (Å²) in [5, 5.41) is 0. The van der Waals surface area contributed by atoms with Crippen LogP contribution < -0.4 is 0 Å². The first-order chi connectivity index (χ1) is 9.15. The molecule has 0 aromatic carbocycles. The second kappa shape index (κ2) is 6.06. The van der Waals surface area contributed by atoms with Crippen molar-refractivity contribution in [2.45, 2.75) is 31.8 Å². The van der Waals surface area contributed by atoms with Crippen molar-refractivity contribution in [2.24, 2.45) is 0 Å². The summed E-state index contributed by atoms with van der Waals surface area (Å²) in [5.41, 5.74) is 0.109. The molecule has 1 aliphatic carbocycles. The van der Waals surface area contributed by atoms with Crippen LogP contribution in [-0.4, -0.2) is 40.8 Å². The van der Waals surface area contributed by atoms with E-state index in [0.717, 1.165) is 12.8 Å². The molecule has 0 N–H and O–H groups in total. The minimum Gasteiger partial charge on any atom is -0.464 e. The summed E-state index contributed by atoms with van der Waals surface area (Å²) in [6.45, 7) is 0.261. The number of hydrogen-bond acceptors (Lipinski definition) is 5. The number of oxazole rings is 1. The van der Waals surface area contributed by atoms with E-state index >= 15 is 0 Å². The predicted octanol–water partition coefficient (Wildman–Crippen LogP) is 1.58. The predicted molar refractivity (Wildman–Crippen MR) is 66.8 cm³/mol. The van der Waals surface area contributed by atoms with E-state index in [4.69, 9.17) is 16.0 Å². The lowest BCUT2D eigenvalue weighted by Gasteiger charge is -2.20. The number of carbonyl (C=O) groups excluding carboxylic acids is 2. The number of nitrogens with zero attached hydrogens (tertiary/aromatic N) is 2. The highest BCUT2D eigenvalue weighted by Crippen LogP contribution is 2.28. The van der Waals surface area contributed by atoms with Crippen LogP contribution in [0.2, 0.25) is 0 Å². The average Bonchev–Trinajstić information content (AvgIpc) is 3.14. The molecule has 19 heavy (non-hydrogen) atoms. The minimum absolute atomic E-state index is 0.0182. The number of rotatable bonds is 6. The maximum atomic E-state index is 11.9. The van der Waals surface area contributed by atoms with Crippen molar-refractivity contribution >= 4 is 23.5 Å². The minimum atomic E-state index is -0.556. The van der Waals surface area contributed by atoms with Gasteiger partial charge in [0.1, 0.15) is 6.26 Å². The maximum Gasteiger partial charge on any atom is 0.360 e. The van der Waals surface area contributed by atoms with Gasteiger partial charge in [0.2, 0.25) is 11.8 Å². The van der Waals surface area contributed by atoms with Gasteiger partial charge in [0.05, 0.1) is 13.7 Å². The number of alkyl halides is 1. The van der Waals surface area contributed by atoms with E-state index in [1.165, 1.54) is 13.4 Å². The van der Waals surface area contributed by atoms with Gasteiger partial charge in [-0.2, -0.15) is 0 Å². The van der Waals surface area contributed by atoms with Crippen LogP contribution in [0.5, 0.6) is 0 Å². The second-order valence-corrected chi connectivity index (χ2v) is 4.69. The Kier molecular flexibility index (Phi) is 4.42. The van der Waals surface area contributed by atoms with E-state index in [9.17, 15) is 9.59 Å². The third kappa shape index (κ3) is 3.47. The van der Waals surface area contributed by atoms with Gasteiger partial charge in [0.15, 0.2) is 5.69 Å². The zero-order chi connectivity index (χ0) is 13.8. The molecule has 2 rings (SSSR count). The molecular formula is C12H15ClN2O4. The molecule has 1 aliphatic rings. The lowest BCUT2D eigenvalue weighted by Crippen LogP contribution is -2.32. The van der Waals surface area contributed by atoms with Gasteiger partial charge in [-0.05, 0) is 12.8 Å². The summed E-state index contributed by atoms with van der Waals surface area (Å²) in [6.07, 6.45) is 3.50. The molecule has 104 valence electrons. The van der Waals surface area contributed by atoms with E-state index in [-0.39, 0.29) is 24.2 Å². The molecule has 0 atom stereocenters. The summed E-state index contributed by atoms with van der Waals surface area (Å²) in [6, 6.07) is 0.240. The first-order valence-electron chi connectivity index (χ1n) is 6.04. The molecule has 1 saturated carbocycles. The van der Waals surface area contributed by atoms with Crippen LogP contribution in [0.1, 0.15) is 35.6 Å². The van der Waals surface area contributed by atoms with Gasteiger partial charge in [0, 0.05) is 18.3 Å². The van der Waals surface area contributed by atoms with Gasteiger partial charge in [-0.1, -0.05) is 0 Å². The highest BCUT2D eigenvalue weighted by atomic mass is 35.5. The van der Waals surface area contributed by atoms with Gasteiger partial charge in [0.25, 0.3) is 0 Å². The van der Waals surface area contributed by atoms with Crippen molar-refractivity contribution in [3.8, 4) is 0 Å². The number of methoxy groups -OCH3 is 1. The standard InChI is InChI=1S/C12H15ClN2O4/c1-18-12(17)9-7-19-10(14-9)6-15(8-2-3-8)11(16)4-5-13/h7-8H,2-6H2,1H3. The Morgan fingerprint density at radius 1 is 1.58 bits per heavy atom. The van der Waals surface area contributed by atoms with E-state index in [1.807, 2.05) is 0 Å². The molecule has 0 bridgehead atoms. The summed E-state index contributed by atoms with van der Waals surface area (Å²) < 4.78 is 9.73. The lowest BCUT2D eigenvalue weighted by molar-refractivity contribution is -0.132. The van der Waals surface area contributed by atoms with Crippen molar-refractivity contribution in [3.05, 3.63) is 17.8 Å². The number of ether oxygens (including phenoxy) is 1. The van der Waals surface area contributed by atoms with E-state index in [2.05, 4.69) is 9.72 Å². The zero-order valence-corrected chi connectivity index (χ0v) is 11.4. The number of aromatic nitrogens is 1. The molecule has 1 fully saturated rings. The fourth-order valence-corrected chi connectivity index (χ4v) is 1.92. The van der Waals surface area contributed by atoms with Gasteiger partial charge < -0.3 is 14.1 Å². The maximum absolute atomic E-state index is 11.9. The molecule has 0 unspecified atom stereocenters. The molecular weight excluding hydrogens is 272 g/mol. The van der Waals surface area contributed by atoms with Crippen LogP contribution in [0.15, 0.2) is 10.7 Å². The molecule has 1 aromatic heterocycles. The molecule has 7 heteroatoms. The Bertz CT molecular complexity index is 470. The second-order valence-electron chi connectivity index (χ2n) is 4.31. The van der Waals surface area contributed by atoms with Gasteiger partial charge in [-0.15, -0.1) is 11.6 Å². The average molecular weight is 287 g/mol. The van der Waals surface area contributed by atoms with Crippen LogP contribution in [0.25, 0.3) is 0 Å². The third-order valence-electron chi connectivity index (χ3n) is 2.87. The van der Waals surface area contributed by atoms with Crippen molar-refractivity contribution < 1.29 is 18.7 Å². The highest BCUT2D eigenvalue weighted by Gasteiger charge is 2.33. The zero-order valence-electron chi connectivity index (χ0n) is 10.6. The third-order valence-corrected chi connectivity index (χ3v) is 3.06. The van der Waals surface area contributed by atoms with Crippen LogP contribution in [0.4, 0.5) is 0 Å². The SMILES string of the molecule is COC(=O)c1coc(CN(C(=O)CCCl)C2CC2)n1. The summed E-state index contributed by atoms with van der Waals surface area (Å²) in [4.78, 5) is 28.9. The van der Waals surface area contributed by atoms with Crippen LogP contribution in [-0.2, 0) is 16.1 Å². The van der Waals surface area contributed by atoms with Crippen LogP contribution in [0, 0.1) is 0 Å². The van der Waals surface area contributed by atoms with E-state index in [1.54, 1.807) is 4.90 Å². The smallest absolute Gasteiger partial charge is 0.360 e. The number of amides is 1. The molecule has 1 amide bonds. The fraction of sp³-hybridized carbons (Fsp3) is 0.583. The summed E-state index contributed by atoms with van der Waals surface area (Å²) in [5.74, 6) is 0.0479. The number of esters is 1. The Hall–Kier alpha value is -1.56. The Morgan fingerprint density at radius 3 is 2.89 bits per heavy atom. The molecule has 0 spiro atoms. The molecule has 1 heterocycles. The number of halogens is 1. The van der Waals surface area contributed by atoms with Crippen molar-refractivity contribution in [1.29, 1.82) is 0 Å². The van der Waals surface area contributed by atoms with Crippen molar-refractivity contribution in [1.82, 2.24) is 9.88 Å². The number of hydrogen-bond donors (Lipinski definition) is 0. The van der Waals surface area contributed by atoms with Crippen LogP contribution >= 0.6 is 11.6 Å². The number of carbonyl (C=O) groups is 2. The first kappa shape index (κ1) is 13.9. The molecule has 6 nitrogen and oxygen atoms in total. The lowest BCUT2D eigenvalue weighted by atomic mass is 10.3. The highest BCUT2D eigenvalue weighted by molar-refractivity contribution is 6.18. The van der Waals surface area contributed by atoms with Crippen molar-refractivity contribution in [2.75, 3.05) is 13.0 Å². The van der Waals surface area contributed by atoms with Crippen molar-refractivity contribution in [3.63, 3.8) is 0 Å². The summed E-state index contributed by atoms with van der Waals surface area (Å²) >= 11 is 5.59. The van der Waals surface area contributed by atoms with Gasteiger partial charge >= 0.3 is 5.97 Å². The van der Waals surface area contributed by atoms with Gasteiger partial charge in [-0.25, -0.2) is 9.78 Å². The van der Waals surface area contributed by atoms with Crippen LogP contribution in [0.3, 0.4) is 0 Å². The Labute approximate surface area is 115 Å². The molecule has 1 aromatic rings. The molecule has 0 aliphatic heterocycles. The quantitative estimate of drug-likeness (QED) is 0.586. The summed E-state index contributed by atoms with van der Waals surface area (Å²) in [7, 11) is 1.27. The topological polar surface area (TPSA) is 72.6 Å². The Balaban J connectivity index is 2.02. The van der Waals surface area contributed by atoms with Gasteiger partial charge in [-0.3, -0.25) is 4.79 Å². The fourth-order valence-electron chi connectivity index (χ4n) is 1.76. The first-order valence-corrected chi connectivity index (χ1v) is 6.57.